The zero-order valence-electron chi connectivity index (χ0n) is 10.1. The summed E-state index contributed by atoms with van der Waals surface area (Å²) >= 11 is 0. The summed E-state index contributed by atoms with van der Waals surface area (Å²) in [5.41, 5.74) is 0.832. The Balaban J connectivity index is 1.91. The fraction of sp³-hybridized carbons (Fsp3) is 0.200. The van der Waals surface area contributed by atoms with Crippen molar-refractivity contribution in [1.82, 2.24) is 0 Å². The van der Waals surface area contributed by atoms with Gasteiger partial charge in [0.25, 0.3) is 0 Å². The van der Waals surface area contributed by atoms with E-state index in [1.54, 1.807) is 12.1 Å². The maximum Gasteiger partial charge on any atom is 0.307 e. The van der Waals surface area contributed by atoms with E-state index >= 15 is 0 Å². The van der Waals surface area contributed by atoms with Crippen molar-refractivity contribution in [3.8, 4) is 0 Å². The third-order valence-corrected chi connectivity index (χ3v) is 3.24. The van der Waals surface area contributed by atoms with Crippen molar-refractivity contribution in [3.63, 3.8) is 0 Å². The summed E-state index contributed by atoms with van der Waals surface area (Å²) < 4.78 is 10.4. The third-order valence-electron chi connectivity index (χ3n) is 3.24. The van der Waals surface area contributed by atoms with Crippen LogP contribution in [0, 0.1) is 5.92 Å². The van der Waals surface area contributed by atoms with E-state index in [1.807, 2.05) is 30.3 Å². The van der Waals surface area contributed by atoms with Crippen molar-refractivity contribution >= 4 is 11.8 Å². The van der Waals surface area contributed by atoms with Gasteiger partial charge >= 0.3 is 5.97 Å². The Morgan fingerprint density at radius 3 is 2.58 bits per heavy atom. The third kappa shape index (κ3) is 2.17. The highest BCUT2D eigenvalue weighted by Gasteiger charge is 2.41. The second-order valence-electron chi connectivity index (χ2n) is 4.47. The van der Waals surface area contributed by atoms with E-state index in [-0.39, 0.29) is 23.9 Å². The molecule has 4 nitrogen and oxygen atoms in total. The number of carbonyl (C=O) groups is 2. The number of carbonyl (C=O) groups excluding carboxylic acids is 2. The van der Waals surface area contributed by atoms with Gasteiger partial charge in [-0.05, 0) is 17.7 Å². The number of benzene rings is 1. The maximum absolute atomic E-state index is 12.3. The van der Waals surface area contributed by atoms with E-state index in [9.17, 15) is 9.59 Å². The van der Waals surface area contributed by atoms with Gasteiger partial charge in [-0.1, -0.05) is 30.3 Å². The van der Waals surface area contributed by atoms with Crippen LogP contribution in [0.1, 0.15) is 28.6 Å². The minimum absolute atomic E-state index is 0.0963. The summed E-state index contributed by atoms with van der Waals surface area (Å²) in [5.74, 6) is -0.784. The fourth-order valence-electron chi connectivity index (χ4n) is 2.33. The lowest BCUT2D eigenvalue weighted by molar-refractivity contribution is -0.141. The molecule has 0 spiro atoms. The SMILES string of the molecule is O=C1C[C@H](C(=O)c2ccco2)[C@@H](c2ccccc2)O1. The normalized spacial score (nSPS) is 22.2. The number of ether oxygens (including phenoxy) is 1. The lowest BCUT2D eigenvalue weighted by atomic mass is 9.90. The molecule has 1 aromatic carbocycles. The summed E-state index contributed by atoms with van der Waals surface area (Å²) in [6, 6.07) is 12.6. The maximum atomic E-state index is 12.3. The Labute approximate surface area is 110 Å². The zero-order chi connectivity index (χ0) is 13.2. The van der Waals surface area contributed by atoms with Crippen molar-refractivity contribution in [2.24, 2.45) is 5.92 Å². The van der Waals surface area contributed by atoms with Crippen molar-refractivity contribution in [1.29, 1.82) is 0 Å². The van der Waals surface area contributed by atoms with Gasteiger partial charge in [-0.25, -0.2) is 0 Å². The highest BCUT2D eigenvalue weighted by atomic mass is 16.6. The van der Waals surface area contributed by atoms with Crippen LogP contribution in [-0.4, -0.2) is 11.8 Å². The molecule has 1 aliphatic heterocycles. The van der Waals surface area contributed by atoms with Gasteiger partial charge in [0.15, 0.2) is 5.76 Å². The molecule has 1 saturated heterocycles. The first-order chi connectivity index (χ1) is 9.25. The summed E-state index contributed by atoms with van der Waals surface area (Å²) in [7, 11) is 0. The van der Waals surface area contributed by atoms with E-state index in [0.717, 1.165) is 5.56 Å². The highest BCUT2D eigenvalue weighted by molar-refractivity contribution is 5.98. The first kappa shape index (κ1) is 11.7. The van der Waals surface area contributed by atoms with Gasteiger partial charge in [-0.3, -0.25) is 9.59 Å². The van der Waals surface area contributed by atoms with Gasteiger partial charge in [0.2, 0.25) is 5.78 Å². The number of esters is 1. The number of cyclic esters (lactones) is 1. The number of hydrogen-bond acceptors (Lipinski definition) is 4. The Morgan fingerprint density at radius 1 is 1.11 bits per heavy atom. The molecule has 1 aliphatic rings. The molecule has 0 bridgehead atoms. The Kier molecular flexibility index (Phi) is 2.91. The fourth-order valence-corrected chi connectivity index (χ4v) is 2.33. The van der Waals surface area contributed by atoms with Gasteiger partial charge in [0.05, 0.1) is 18.6 Å². The second kappa shape index (κ2) is 4.72. The Bertz CT molecular complexity index is 586. The molecule has 96 valence electrons. The van der Waals surface area contributed by atoms with E-state index in [1.165, 1.54) is 6.26 Å². The summed E-state index contributed by atoms with van der Waals surface area (Å²) in [6.07, 6.45) is 1.02. The lowest BCUT2D eigenvalue weighted by Gasteiger charge is -2.15. The molecule has 2 aromatic rings. The Morgan fingerprint density at radius 2 is 1.89 bits per heavy atom. The Hall–Kier alpha value is -2.36. The molecular weight excluding hydrogens is 244 g/mol. The van der Waals surface area contributed by atoms with Crippen molar-refractivity contribution in [2.75, 3.05) is 0 Å². The molecule has 2 heterocycles. The molecule has 0 amide bonds. The van der Waals surface area contributed by atoms with Crippen LogP contribution < -0.4 is 0 Å². The molecule has 0 unspecified atom stereocenters. The van der Waals surface area contributed by atoms with Crippen molar-refractivity contribution in [2.45, 2.75) is 12.5 Å². The minimum Gasteiger partial charge on any atom is -0.461 e. The largest absolute Gasteiger partial charge is 0.461 e. The smallest absolute Gasteiger partial charge is 0.307 e. The number of hydrogen-bond donors (Lipinski definition) is 0. The van der Waals surface area contributed by atoms with Crippen LogP contribution in [0.5, 0.6) is 0 Å². The molecule has 1 aromatic heterocycles. The van der Waals surface area contributed by atoms with E-state index in [0.29, 0.717) is 0 Å². The quantitative estimate of drug-likeness (QED) is 0.626. The summed E-state index contributed by atoms with van der Waals surface area (Å²) in [5, 5.41) is 0. The van der Waals surface area contributed by atoms with E-state index < -0.39 is 12.0 Å². The lowest BCUT2D eigenvalue weighted by Crippen LogP contribution is -2.18. The van der Waals surface area contributed by atoms with Crippen LogP contribution in [0.2, 0.25) is 0 Å². The molecule has 1 fully saturated rings. The highest BCUT2D eigenvalue weighted by Crippen LogP contribution is 2.37. The van der Waals surface area contributed by atoms with E-state index in [4.69, 9.17) is 9.15 Å². The predicted molar refractivity (Wildman–Crippen MR) is 66.4 cm³/mol. The molecule has 0 N–H and O–H groups in total. The molecule has 0 saturated carbocycles. The molecule has 3 rings (SSSR count). The number of furan rings is 1. The van der Waals surface area contributed by atoms with Crippen molar-refractivity contribution in [3.05, 3.63) is 60.1 Å². The number of rotatable bonds is 3. The van der Waals surface area contributed by atoms with Crippen LogP contribution in [0.15, 0.2) is 53.1 Å². The molecule has 0 radical (unpaired) electrons. The minimum atomic E-state index is -0.522. The first-order valence-corrected chi connectivity index (χ1v) is 6.08. The van der Waals surface area contributed by atoms with Gasteiger partial charge in [0, 0.05) is 0 Å². The van der Waals surface area contributed by atoms with Crippen LogP contribution >= 0.6 is 0 Å². The summed E-state index contributed by atoms with van der Waals surface area (Å²) in [4.78, 5) is 23.8. The molecule has 19 heavy (non-hydrogen) atoms. The molecule has 4 heteroatoms. The number of ketones is 1. The predicted octanol–water partition coefficient (Wildman–Crippen LogP) is 2.77. The van der Waals surface area contributed by atoms with Crippen LogP contribution in [0.4, 0.5) is 0 Å². The molecular formula is C15H12O4. The average Bonchev–Trinajstić information content (AvgIpc) is 3.08. The van der Waals surface area contributed by atoms with Gasteiger partial charge in [-0.2, -0.15) is 0 Å². The van der Waals surface area contributed by atoms with E-state index in [2.05, 4.69) is 0 Å². The summed E-state index contributed by atoms with van der Waals surface area (Å²) in [6.45, 7) is 0. The van der Waals surface area contributed by atoms with Gasteiger partial charge in [0.1, 0.15) is 6.10 Å². The average molecular weight is 256 g/mol. The second-order valence-corrected chi connectivity index (χ2v) is 4.47. The van der Waals surface area contributed by atoms with Crippen molar-refractivity contribution < 1.29 is 18.7 Å². The molecule has 0 aliphatic carbocycles. The molecule has 2 atom stereocenters. The monoisotopic (exact) mass is 256 g/mol. The zero-order valence-corrected chi connectivity index (χ0v) is 10.1. The van der Waals surface area contributed by atoms with Gasteiger partial charge in [-0.15, -0.1) is 0 Å². The van der Waals surface area contributed by atoms with Crippen LogP contribution in [0.3, 0.4) is 0 Å². The van der Waals surface area contributed by atoms with Crippen LogP contribution in [-0.2, 0) is 9.53 Å². The number of Topliss-reactive ketones (excluding diaryl/α,β-unsaturated/α-hetero) is 1. The standard InChI is InChI=1S/C15H12O4/c16-13-9-11(14(17)12-7-4-8-18-12)15(19-13)10-5-2-1-3-6-10/h1-8,11,15H,9H2/t11-,15-/m1/s1. The van der Waals surface area contributed by atoms with Gasteiger partial charge < -0.3 is 9.15 Å². The topological polar surface area (TPSA) is 56.5 Å². The first-order valence-electron chi connectivity index (χ1n) is 6.08. The van der Waals surface area contributed by atoms with Crippen LogP contribution in [0.25, 0.3) is 0 Å².